The number of Topliss-reactive ketones (excluding diaryl/α,β-unsaturated/α-hetero) is 1. The second kappa shape index (κ2) is 4.13. The molecule has 0 unspecified atom stereocenters. The number of carbonyl (C=O) groups is 1. The minimum atomic E-state index is -0.948. The van der Waals surface area contributed by atoms with E-state index in [0.717, 1.165) is 0 Å². The Labute approximate surface area is 100 Å². The fourth-order valence-electron chi connectivity index (χ4n) is 1.55. The van der Waals surface area contributed by atoms with E-state index in [1.54, 1.807) is 6.92 Å². The summed E-state index contributed by atoms with van der Waals surface area (Å²) in [4.78, 5) is 11.2. The molecule has 0 spiro atoms. The number of rotatable bonds is 0. The van der Waals surface area contributed by atoms with E-state index in [0.29, 0.717) is 12.0 Å². The number of ketones is 1. The van der Waals surface area contributed by atoms with Gasteiger partial charge in [-0.3, -0.25) is 4.79 Å². The summed E-state index contributed by atoms with van der Waals surface area (Å²) in [6.07, 6.45) is -0.648. The Bertz CT molecular complexity index is 256. The van der Waals surface area contributed by atoms with Gasteiger partial charge in [-0.2, -0.15) is 0 Å². The molecule has 1 rings (SSSR count). The first-order valence-corrected chi connectivity index (χ1v) is 3.99. The first kappa shape index (κ1) is 13.2. The van der Waals surface area contributed by atoms with Gasteiger partial charge in [0.1, 0.15) is 11.9 Å². The van der Waals surface area contributed by atoms with E-state index in [2.05, 4.69) is 0 Å². The molecule has 0 amide bonds. The first-order valence-electron chi connectivity index (χ1n) is 3.99. The van der Waals surface area contributed by atoms with E-state index >= 15 is 0 Å². The van der Waals surface area contributed by atoms with Crippen molar-refractivity contribution in [3.63, 3.8) is 0 Å². The van der Waals surface area contributed by atoms with Gasteiger partial charge in [0.05, 0.1) is 0 Å². The molecule has 0 heterocycles. The van der Waals surface area contributed by atoms with Crippen molar-refractivity contribution in [3.05, 3.63) is 11.3 Å². The Balaban J connectivity index is 0.00000144. The van der Waals surface area contributed by atoms with Crippen LogP contribution >= 0.6 is 0 Å². The van der Waals surface area contributed by atoms with Crippen molar-refractivity contribution in [2.75, 3.05) is 0 Å². The van der Waals surface area contributed by atoms with Crippen molar-refractivity contribution in [1.29, 1.82) is 0 Å². The predicted molar refractivity (Wildman–Crippen MR) is 44.7 cm³/mol. The summed E-state index contributed by atoms with van der Waals surface area (Å²) >= 11 is 0. The molecule has 0 aliphatic heterocycles. The van der Waals surface area contributed by atoms with Gasteiger partial charge in [-0.25, -0.2) is 0 Å². The molecule has 68 valence electrons. The van der Waals surface area contributed by atoms with Gasteiger partial charge in [-0.15, -0.1) is 0 Å². The van der Waals surface area contributed by atoms with Crippen LogP contribution in [0.1, 0.15) is 27.2 Å². The van der Waals surface area contributed by atoms with Gasteiger partial charge in [0.15, 0.2) is 5.78 Å². The largest absolute Gasteiger partial charge is 1.00 e. The normalized spacial score (nSPS) is 27.1. The summed E-state index contributed by atoms with van der Waals surface area (Å²) in [5.74, 6) is -0.246. The summed E-state index contributed by atoms with van der Waals surface area (Å²) in [7, 11) is 0. The molecule has 0 aromatic heterocycles. The van der Waals surface area contributed by atoms with Crippen LogP contribution in [0.5, 0.6) is 0 Å². The van der Waals surface area contributed by atoms with Gasteiger partial charge < -0.3 is 10.2 Å². The molecule has 0 radical (unpaired) electrons. The summed E-state index contributed by atoms with van der Waals surface area (Å²) in [6.45, 7) is 5.16. The average molecular weight is 193 g/mol. The van der Waals surface area contributed by atoms with Crippen LogP contribution in [0.15, 0.2) is 11.3 Å². The predicted octanol–water partition coefficient (Wildman–Crippen LogP) is -1.82. The SMILES string of the molecule is CC1=C(O)C(C)(C)C[C@H](O)C1=O.[Na+]. The van der Waals surface area contributed by atoms with Crippen LogP contribution < -0.4 is 29.6 Å². The van der Waals surface area contributed by atoms with E-state index in [1.165, 1.54) is 0 Å². The van der Waals surface area contributed by atoms with Crippen molar-refractivity contribution in [2.24, 2.45) is 5.41 Å². The van der Waals surface area contributed by atoms with Crippen molar-refractivity contribution in [1.82, 2.24) is 0 Å². The Kier molecular flexibility index (Phi) is 4.19. The number of aliphatic hydroxyl groups is 2. The van der Waals surface area contributed by atoms with Gasteiger partial charge in [-0.05, 0) is 13.3 Å². The summed E-state index contributed by atoms with van der Waals surface area (Å²) < 4.78 is 0. The molecule has 0 aromatic carbocycles. The molecule has 1 atom stereocenters. The third-order valence-corrected chi connectivity index (χ3v) is 2.37. The number of hydrogen-bond donors (Lipinski definition) is 2. The Morgan fingerprint density at radius 3 is 2.38 bits per heavy atom. The summed E-state index contributed by atoms with van der Waals surface area (Å²) in [5.41, 5.74) is -0.184. The van der Waals surface area contributed by atoms with Gasteiger partial charge in [0, 0.05) is 11.0 Å². The molecule has 0 saturated carbocycles. The standard InChI is InChI=1S/C9H14O3.Na/c1-5-7(11)6(10)4-9(2,3)8(5)12;/h6,10,12H,4H2,1-3H3;/q;+1/t6-;/m0./s1. The molecular weight excluding hydrogens is 179 g/mol. The maximum absolute atomic E-state index is 11.2. The second-order valence-corrected chi connectivity index (χ2v) is 3.94. The van der Waals surface area contributed by atoms with E-state index in [4.69, 9.17) is 0 Å². The van der Waals surface area contributed by atoms with Crippen LogP contribution in [-0.2, 0) is 4.79 Å². The number of allylic oxidation sites excluding steroid dienone is 1. The van der Waals surface area contributed by atoms with E-state index < -0.39 is 11.5 Å². The molecule has 0 fully saturated rings. The number of aliphatic hydroxyl groups excluding tert-OH is 2. The molecule has 1 aliphatic rings. The van der Waals surface area contributed by atoms with Crippen molar-refractivity contribution in [2.45, 2.75) is 33.3 Å². The topological polar surface area (TPSA) is 57.5 Å². The van der Waals surface area contributed by atoms with Gasteiger partial charge in [-0.1, -0.05) is 13.8 Å². The summed E-state index contributed by atoms with van der Waals surface area (Å²) in [6, 6.07) is 0. The first-order chi connectivity index (χ1) is 5.36. The fraction of sp³-hybridized carbons (Fsp3) is 0.667. The van der Waals surface area contributed by atoms with Crippen molar-refractivity contribution in [3.8, 4) is 0 Å². The minimum Gasteiger partial charge on any atom is -0.511 e. The Morgan fingerprint density at radius 2 is 1.92 bits per heavy atom. The zero-order valence-corrected chi connectivity index (χ0v) is 10.6. The van der Waals surface area contributed by atoms with Crippen LogP contribution in [-0.4, -0.2) is 22.1 Å². The zero-order chi connectivity index (χ0) is 9.52. The molecule has 1 aliphatic carbocycles. The van der Waals surface area contributed by atoms with Gasteiger partial charge in [0.25, 0.3) is 0 Å². The van der Waals surface area contributed by atoms with Crippen LogP contribution in [0.2, 0.25) is 0 Å². The van der Waals surface area contributed by atoms with Crippen LogP contribution in [0.3, 0.4) is 0 Å². The third-order valence-electron chi connectivity index (χ3n) is 2.37. The quantitative estimate of drug-likeness (QED) is 0.445. The maximum atomic E-state index is 11.2. The van der Waals surface area contributed by atoms with Crippen LogP contribution in [0.25, 0.3) is 0 Å². The monoisotopic (exact) mass is 193 g/mol. The van der Waals surface area contributed by atoms with Gasteiger partial charge in [0.2, 0.25) is 0 Å². The average Bonchev–Trinajstić information content (AvgIpc) is 1.97. The number of hydrogen-bond acceptors (Lipinski definition) is 3. The molecule has 2 N–H and O–H groups in total. The second-order valence-electron chi connectivity index (χ2n) is 3.94. The number of carbonyl (C=O) groups excluding carboxylic acids is 1. The van der Waals surface area contributed by atoms with Crippen LogP contribution in [0, 0.1) is 5.41 Å². The molecular formula is C9H14NaO3+. The third kappa shape index (κ3) is 2.34. The Morgan fingerprint density at radius 1 is 1.46 bits per heavy atom. The molecule has 4 heteroatoms. The van der Waals surface area contributed by atoms with Crippen molar-refractivity contribution < 1.29 is 44.6 Å². The van der Waals surface area contributed by atoms with Crippen LogP contribution in [0.4, 0.5) is 0 Å². The summed E-state index contributed by atoms with van der Waals surface area (Å²) in [5, 5.41) is 18.8. The molecule has 0 aromatic rings. The van der Waals surface area contributed by atoms with E-state index in [1.807, 2.05) is 13.8 Å². The van der Waals surface area contributed by atoms with Gasteiger partial charge >= 0.3 is 29.6 Å². The van der Waals surface area contributed by atoms with E-state index in [9.17, 15) is 15.0 Å². The smallest absolute Gasteiger partial charge is 0.511 e. The molecule has 13 heavy (non-hydrogen) atoms. The minimum absolute atomic E-state index is 0. The Hall–Kier alpha value is 0.170. The zero-order valence-electron chi connectivity index (χ0n) is 8.59. The molecule has 0 saturated heterocycles. The molecule has 0 bridgehead atoms. The van der Waals surface area contributed by atoms with E-state index in [-0.39, 0.29) is 41.1 Å². The maximum Gasteiger partial charge on any atom is 1.00 e. The fourth-order valence-corrected chi connectivity index (χ4v) is 1.55. The molecule has 3 nitrogen and oxygen atoms in total. The van der Waals surface area contributed by atoms with Crippen molar-refractivity contribution >= 4 is 5.78 Å².